The number of hydrogen-bond donors (Lipinski definition) is 1. The van der Waals surface area contributed by atoms with Crippen molar-refractivity contribution in [2.45, 2.75) is 6.42 Å². The van der Waals surface area contributed by atoms with E-state index in [0.29, 0.717) is 30.8 Å². The predicted molar refractivity (Wildman–Crippen MR) is 75.0 cm³/mol. The number of aryl methyl sites for hydroxylation is 1. The van der Waals surface area contributed by atoms with Gasteiger partial charge in [-0.25, -0.2) is 4.39 Å². The summed E-state index contributed by atoms with van der Waals surface area (Å²) in [7, 11) is 1.75. The Balaban J connectivity index is 2.27. The summed E-state index contributed by atoms with van der Waals surface area (Å²) in [5, 5.41) is 3.99. The molecule has 1 aromatic carbocycles. The van der Waals surface area contributed by atoms with Crippen LogP contribution in [0.1, 0.15) is 16.8 Å². The molecule has 0 aliphatic rings. The fourth-order valence-electron chi connectivity index (χ4n) is 1.91. The smallest absolute Gasteiger partial charge is 0.261 e. The van der Waals surface area contributed by atoms with Gasteiger partial charge in [-0.05, 0) is 37.2 Å². The summed E-state index contributed by atoms with van der Waals surface area (Å²) in [5.74, 6) is -0.500. The van der Waals surface area contributed by atoms with Gasteiger partial charge in [0.25, 0.3) is 5.91 Å². The Hall–Kier alpha value is -2.21. The number of nitrogens with two attached hydrogens (primary N) is 1. The molecule has 0 spiro atoms. The first kappa shape index (κ1) is 14.2. The Morgan fingerprint density at radius 3 is 2.65 bits per heavy atom. The van der Waals surface area contributed by atoms with Crippen LogP contribution in [0.25, 0.3) is 0 Å². The van der Waals surface area contributed by atoms with Crippen molar-refractivity contribution in [3.8, 4) is 0 Å². The number of aromatic nitrogens is 2. The van der Waals surface area contributed by atoms with Crippen molar-refractivity contribution in [1.82, 2.24) is 9.78 Å². The fraction of sp³-hybridized carbons (Fsp3) is 0.286. The van der Waals surface area contributed by atoms with E-state index in [1.54, 1.807) is 35.0 Å². The molecule has 5 nitrogen and oxygen atoms in total. The molecule has 0 saturated heterocycles. The van der Waals surface area contributed by atoms with Gasteiger partial charge in [-0.15, -0.1) is 0 Å². The highest BCUT2D eigenvalue weighted by molar-refractivity contribution is 6.05. The van der Waals surface area contributed by atoms with E-state index >= 15 is 0 Å². The Morgan fingerprint density at radius 2 is 2.10 bits per heavy atom. The summed E-state index contributed by atoms with van der Waals surface area (Å²) in [6.45, 7) is 0.966. The van der Waals surface area contributed by atoms with E-state index in [4.69, 9.17) is 5.73 Å². The van der Waals surface area contributed by atoms with E-state index < -0.39 is 0 Å². The van der Waals surface area contributed by atoms with Gasteiger partial charge in [-0.1, -0.05) is 0 Å². The van der Waals surface area contributed by atoms with E-state index in [9.17, 15) is 9.18 Å². The molecule has 2 aromatic rings. The predicted octanol–water partition coefficient (Wildman–Crippen LogP) is 1.55. The average molecular weight is 276 g/mol. The van der Waals surface area contributed by atoms with E-state index in [1.165, 1.54) is 18.3 Å². The first-order chi connectivity index (χ1) is 9.61. The normalized spacial score (nSPS) is 10.6. The van der Waals surface area contributed by atoms with Gasteiger partial charge >= 0.3 is 0 Å². The van der Waals surface area contributed by atoms with Crippen LogP contribution >= 0.6 is 0 Å². The number of rotatable bonds is 5. The van der Waals surface area contributed by atoms with Crippen molar-refractivity contribution < 1.29 is 9.18 Å². The maximum atomic E-state index is 13.0. The van der Waals surface area contributed by atoms with Crippen molar-refractivity contribution >= 4 is 11.6 Å². The summed E-state index contributed by atoms with van der Waals surface area (Å²) in [5.41, 5.74) is 6.65. The maximum absolute atomic E-state index is 13.0. The quantitative estimate of drug-likeness (QED) is 0.901. The molecule has 0 aliphatic carbocycles. The molecule has 0 unspecified atom stereocenters. The van der Waals surface area contributed by atoms with Gasteiger partial charge in [-0.3, -0.25) is 9.48 Å². The minimum atomic E-state index is -0.332. The summed E-state index contributed by atoms with van der Waals surface area (Å²) < 4.78 is 14.6. The zero-order valence-corrected chi connectivity index (χ0v) is 11.3. The SMILES string of the molecule is Cn1cc(C(=O)N(CCCN)c2ccc(F)cc2)cn1. The van der Waals surface area contributed by atoms with Crippen LogP contribution in [0.15, 0.2) is 36.7 Å². The maximum Gasteiger partial charge on any atom is 0.261 e. The Morgan fingerprint density at radius 1 is 1.40 bits per heavy atom. The zero-order valence-electron chi connectivity index (χ0n) is 11.3. The molecular weight excluding hydrogens is 259 g/mol. The molecule has 0 bridgehead atoms. The van der Waals surface area contributed by atoms with Crippen LogP contribution in [0.5, 0.6) is 0 Å². The van der Waals surface area contributed by atoms with Crippen molar-refractivity contribution in [3.63, 3.8) is 0 Å². The highest BCUT2D eigenvalue weighted by atomic mass is 19.1. The van der Waals surface area contributed by atoms with Crippen molar-refractivity contribution in [2.75, 3.05) is 18.0 Å². The van der Waals surface area contributed by atoms with Crippen molar-refractivity contribution in [3.05, 3.63) is 48.0 Å². The minimum absolute atomic E-state index is 0.168. The number of halogens is 1. The number of amides is 1. The number of hydrogen-bond acceptors (Lipinski definition) is 3. The Bertz CT molecular complexity index is 579. The first-order valence-electron chi connectivity index (χ1n) is 6.38. The second-order valence-electron chi connectivity index (χ2n) is 4.48. The topological polar surface area (TPSA) is 64.2 Å². The first-order valence-corrected chi connectivity index (χ1v) is 6.38. The van der Waals surface area contributed by atoms with Crippen LogP contribution in [0.4, 0.5) is 10.1 Å². The van der Waals surface area contributed by atoms with Gasteiger partial charge in [0, 0.05) is 25.5 Å². The summed E-state index contributed by atoms with van der Waals surface area (Å²) >= 11 is 0. The molecule has 0 fully saturated rings. The molecule has 0 atom stereocenters. The highest BCUT2D eigenvalue weighted by Gasteiger charge is 2.18. The van der Waals surface area contributed by atoms with E-state index in [-0.39, 0.29) is 11.7 Å². The third-order valence-corrected chi connectivity index (χ3v) is 2.92. The number of anilines is 1. The summed E-state index contributed by atoms with van der Waals surface area (Å²) in [6.07, 6.45) is 3.84. The number of benzene rings is 1. The second kappa shape index (κ2) is 6.29. The van der Waals surface area contributed by atoms with Crippen molar-refractivity contribution in [2.24, 2.45) is 12.8 Å². The van der Waals surface area contributed by atoms with E-state index in [0.717, 1.165) is 0 Å². The number of nitrogens with zero attached hydrogens (tertiary/aromatic N) is 3. The van der Waals surface area contributed by atoms with Gasteiger partial charge in [-0.2, -0.15) is 5.10 Å². The van der Waals surface area contributed by atoms with Crippen LogP contribution in [0, 0.1) is 5.82 Å². The van der Waals surface area contributed by atoms with Crippen LogP contribution < -0.4 is 10.6 Å². The van der Waals surface area contributed by atoms with Gasteiger partial charge < -0.3 is 10.6 Å². The molecule has 1 amide bonds. The molecule has 1 heterocycles. The summed E-state index contributed by atoms with van der Waals surface area (Å²) in [4.78, 5) is 14.1. The lowest BCUT2D eigenvalue weighted by Crippen LogP contribution is -2.32. The van der Waals surface area contributed by atoms with E-state index in [2.05, 4.69) is 5.10 Å². The molecule has 0 saturated carbocycles. The Labute approximate surface area is 116 Å². The molecule has 0 radical (unpaired) electrons. The van der Waals surface area contributed by atoms with Crippen molar-refractivity contribution in [1.29, 1.82) is 0 Å². The third kappa shape index (κ3) is 3.21. The molecule has 6 heteroatoms. The molecule has 1 aromatic heterocycles. The zero-order chi connectivity index (χ0) is 14.5. The molecule has 2 rings (SSSR count). The second-order valence-corrected chi connectivity index (χ2v) is 4.48. The van der Waals surface area contributed by atoms with Crippen LogP contribution in [0.2, 0.25) is 0 Å². The molecule has 20 heavy (non-hydrogen) atoms. The van der Waals surface area contributed by atoms with Gasteiger partial charge in [0.1, 0.15) is 5.82 Å². The van der Waals surface area contributed by atoms with Crippen LogP contribution in [0.3, 0.4) is 0 Å². The molecule has 106 valence electrons. The Kier molecular flexibility index (Phi) is 4.47. The van der Waals surface area contributed by atoms with Gasteiger partial charge in [0.05, 0.1) is 11.8 Å². The van der Waals surface area contributed by atoms with E-state index in [1.807, 2.05) is 0 Å². The van der Waals surface area contributed by atoms with Gasteiger partial charge in [0.2, 0.25) is 0 Å². The molecule has 2 N–H and O–H groups in total. The minimum Gasteiger partial charge on any atom is -0.330 e. The fourth-order valence-corrected chi connectivity index (χ4v) is 1.91. The highest BCUT2D eigenvalue weighted by Crippen LogP contribution is 2.18. The summed E-state index contributed by atoms with van der Waals surface area (Å²) in [6, 6.07) is 5.84. The number of carbonyl (C=O) groups is 1. The van der Waals surface area contributed by atoms with Crippen LogP contribution in [-0.2, 0) is 7.05 Å². The number of carbonyl (C=O) groups excluding carboxylic acids is 1. The standard InChI is InChI=1S/C14H17FN4O/c1-18-10-11(9-17-18)14(20)19(8-2-7-16)13-5-3-12(15)4-6-13/h3-6,9-10H,2,7-8,16H2,1H3. The molecular formula is C14H17FN4O. The van der Waals surface area contributed by atoms with Crippen LogP contribution in [-0.4, -0.2) is 28.8 Å². The lowest BCUT2D eigenvalue weighted by Gasteiger charge is -2.22. The third-order valence-electron chi connectivity index (χ3n) is 2.92. The van der Waals surface area contributed by atoms with Gasteiger partial charge in [0.15, 0.2) is 0 Å². The lowest BCUT2D eigenvalue weighted by atomic mass is 10.2. The average Bonchev–Trinajstić information content (AvgIpc) is 2.87. The molecule has 0 aliphatic heterocycles. The monoisotopic (exact) mass is 276 g/mol. The lowest BCUT2D eigenvalue weighted by molar-refractivity contribution is 0.0986. The largest absolute Gasteiger partial charge is 0.330 e.